The quantitative estimate of drug-likeness (QED) is 0.913. The molecule has 1 N–H and O–H groups in total. The first-order chi connectivity index (χ1) is 8.63. The Labute approximate surface area is 111 Å². The standard InChI is InChI=1S/C13H16ClNO3/c1-18-11-5-4-9(8-10(11)14)12(13(16)17)15-6-2-3-7-15/h4-5,8,12H,2-3,6-7H2,1H3,(H,16,17). The summed E-state index contributed by atoms with van der Waals surface area (Å²) in [5.41, 5.74) is 0.704. The summed E-state index contributed by atoms with van der Waals surface area (Å²) in [6.45, 7) is 1.64. The van der Waals surface area contributed by atoms with Crippen LogP contribution in [0.2, 0.25) is 5.02 Å². The van der Waals surface area contributed by atoms with E-state index < -0.39 is 12.0 Å². The lowest BCUT2D eigenvalue weighted by Crippen LogP contribution is -2.31. The van der Waals surface area contributed by atoms with E-state index in [-0.39, 0.29) is 0 Å². The second kappa shape index (κ2) is 5.59. The lowest BCUT2D eigenvalue weighted by Gasteiger charge is -2.24. The van der Waals surface area contributed by atoms with Crippen molar-refractivity contribution in [2.45, 2.75) is 18.9 Å². The van der Waals surface area contributed by atoms with E-state index in [0.29, 0.717) is 16.3 Å². The molecule has 0 spiro atoms. The van der Waals surface area contributed by atoms with Gasteiger partial charge in [-0.3, -0.25) is 9.69 Å². The molecule has 1 unspecified atom stereocenters. The predicted molar refractivity (Wildman–Crippen MR) is 69.2 cm³/mol. The van der Waals surface area contributed by atoms with Crippen molar-refractivity contribution < 1.29 is 14.6 Å². The van der Waals surface area contributed by atoms with Crippen LogP contribution < -0.4 is 4.74 Å². The summed E-state index contributed by atoms with van der Waals surface area (Å²) in [5, 5.41) is 9.83. The number of benzene rings is 1. The summed E-state index contributed by atoms with van der Waals surface area (Å²) in [6.07, 6.45) is 2.10. The molecule has 1 fully saturated rings. The lowest BCUT2D eigenvalue weighted by atomic mass is 10.1. The SMILES string of the molecule is COc1ccc(C(C(=O)O)N2CCCC2)cc1Cl. The summed E-state index contributed by atoms with van der Waals surface area (Å²) in [7, 11) is 1.54. The van der Waals surface area contributed by atoms with Gasteiger partial charge in [0, 0.05) is 0 Å². The summed E-state index contributed by atoms with van der Waals surface area (Å²) in [5.74, 6) is -0.274. The molecule has 0 saturated carbocycles. The molecular weight excluding hydrogens is 254 g/mol. The third kappa shape index (κ3) is 2.60. The Morgan fingerprint density at radius 1 is 1.44 bits per heavy atom. The highest BCUT2D eigenvalue weighted by atomic mass is 35.5. The zero-order valence-corrected chi connectivity index (χ0v) is 11.0. The molecule has 18 heavy (non-hydrogen) atoms. The highest BCUT2D eigenvalue weighted by Crippen LogP contribution is 2.31. The van der Waals surface area contributed by atoms with Crippen LogP contribution >= 0.6 is 11.6 Å². The minimum absolute atomic E-state index is 0.445. The van der Waals surface area contributed by atoms with Crippen LogP contribution in [0, 0.1) is 0 Å². The monoisotopic (exact) mass is 269 g/mol. The molecule has 1 heterocycles. The highest BCUT2D eigenvalue weighted by molar-refractivity contribution is 6.32. The van der Waals surface area contributed by atoms with Crippen molar-refractivity contribution in [3.8, 4) is 5.75 Å². The molecule has 2 rings (SSSR count). The molecular formula is C13H16ClNO3. The summed E-state index contributed by atoms with van der Waals surface area (Å²) < 4.78 is 5.07. The maximum Gasteiger partial charge on any atom is 0.325 e. The van der Waals surface area contributed by atoms with Crippen LogP contribution in [-0.4, -0.2) is 36.2 Å². The number of carboxylic acid groups (broad SMARTS) is 1. The minimum atomic E-state index is -0.835. The van der Waals surface area contributed by atoms with Gasteiger partial charge in [-0.1, -0.05) is 17.7 Å². The van der Waals surface area contributed by atoms with Crippen molar-refractivity contribution in [1.29, 1.82) is 0 Å². The summed E-state index contributed by atoms with van der Waals surface area (Å²) in [6, 6.07) is 4.54. The topological polar surface area (TPSA) is 49.8 Å². The van der Waals surface area contributed by atoms with Crippen LogP contribution in [0.15, 0.2) is 18.2 Å². The number of carboxylic acids is 1. The first kappa shape index (κ1) is 13.2. The number of ether oxygens (including phenoxy) is 1. The zero-order chi connectivity index (χ0) is 13.1. The van der Waals surface area contributed by atoms with Gasteiger partial charge in [0.15, 0.2) is 0 Å². The molecule has 5 heteroatoms. The maximum atomic E-state index is 11.4. The molecule has 1 aliphatic heterocycles. The van der Waals surface area contributed by atoms with Crippen molar-refractivity contribution in [3.05, 3.63) is 28.8 Å². The van der Waals surface area contributed by atoms with Gasteiger partial charge in [-0.2, -0.15) is 0 Å². The van der Waals surface area contributed by atoms with Gasteiger partial charge in [-0.15, -0.1) is 0 Å². The normalized spacial score (nSPS) is 17.7. The summed E-state index contributed by atoms with van der Waals surface area (Å²) in [4.78, 5) is 13.4. The third-order valence-electron chi connectivity index (χ3n) is 3.23. The molecule has 0 radical (unpaired) electrons. The van der Waals surface area contributed by atoms with E-state index in [0.717, 1.165) is 25.9 Å². The molecule has 1 saturated heterocycles. The number of rotatable bonds is 4. The average molecular weight is 270 g/mol. The van der Waals surface area contributed by atoms with E-state index in [1.165, 1.54) is 7.11 Å². The number of aliphatic carboxylic acids is 1. The fraction of sp³-hybridized carbons (Fsp3) is 0.462. The van der Waals surface area contributed by atoms with Gasteiger partial charge in [0.1, 0.15) is 11.8 Å². The fourth-order valence-corrected chi connectivity index (χ4v) is 2.63. The fourth-order valence-electron chi connectivity index (χ4n) is 2.36. The molecule has 0 amide bonds. The number of hydrogen-bond acceptors (Lipinski definition) is 3. The van der Waals surface area contributed by atoms with E-state index >= 15 is 0 Å². The summed E-state index contributed by atoms with van der Waals surface area (Å²) >= 11 is 6.05. The van der Waals surface area contributed by atoms with Gasteiger partial charge in [0.05, 0.1) is 12.1 Å². The number of hydrogen-bond donors (Lipinski definition) is 1. The second-order valence-electron chi connectivity index (χ2n) is 4.38. The zero-order valence-electron chi connectivity index (χ0n) is 10.2. The Morgan fingerprint density at radius 3 is 2.61 bits per heavy atom. The van der Waals surface area contributed by atoms with Crippen molar-refractivity contribution in [3.63, 3.8) is 0 Å². The molecule has 0 bridgehead atoms. The van der Waals surface area contributed by atoms with E-state index in [1.807, 2.05) is 4.90 Å². The Kier molecular flexibility index (Phi) is 4.09. The number of methoxy groups -OCH3 is 1. The molecule has 1 atom stereocenters. The number of carbonyl (C=O) groups is 1. The van der Waals surface area contributed by atoms with E-state index in [1.54, 1.807) is 18.2 Å². The van der Waals surface area contributed by atoms with Crippen LogP contribution in [-0.2, 0) is 4.79 Å². The van der Waals surface area contributed by atoms with E-state index in [4.69, 9.17) is 16.3 Å². The van der Waals surface area contributed by atoms with Gasteiger partial charge < -0.3 is 9.84 Å². The van der Waals surface area contributed by atoms with E-state index in [2.05, 4.69) is 0 Å². The smallest absolute Gasteiger partial charge is 0.325 e. The highest BCUT2D eigenvalue weighted by Gasteiger charge is 2.29. The molecule has 1 aliphatic rings. The van der Waals surface area contributed by atoms with Crippen LogP contribution in [0.4, 0.5) is 0 Å². The lowest BCUT2D eigenvalue weighted by molar-refractivity contribution is -0.143. The Hall–Kier alpha value is -1.26. The first-order valence-electron chi connectivity index (χ1n) is 5.94. The van der Waals surface area contributed by atoms with Crippen LogP contribution in [0.3, 0.4) is 0 Å². The molecule has 0 aliphatic carbocycles. The molecule has 1 aromatic carbocycles. The van der Waals surface area contributed by atoms with Gasteiger partial charge in [-0.05, 0) is 43.6 Å². The van der Waals surface area contributed by atoms with Gasteiger partial charge in [-0.25, -0.2) is 0 Å². The van der Waals surface area contributed by atoms with Crippen LogP contribution in [0.1, 0.15) is 24.4 Å². The second-order valence-corrected chi connectivity index (χ2v) is 4.79. The first-order valence-corrected chi connectivity index (χ1v) is 6.31. The van der Waals surface area contributed by atoms with Gasteiger partial charge >= 0.3 is 5.97 Å². The van der Waals surface area contributed by atoms with Crippen LogP contribution in [0.25, 0.3) is 0 Å². The number of likely N-dealkylation sites (tertiary alicyclic amines) is 1. The predicted octanol–water partition coefficient (Wildman–Crippen LogP) is 2.57. The van der Waals surface area contributed by atoms with Gasteiger partial charge in [0.2, 0.25) is 0 Å². The van der Waals surface area contributed by atoms with Crippen molar-refractivity contribution in [2.75, 3.05) is 20.2 Å². The van der Waals surface area contributed by atoms with E-state index in [9.17, 15) is 9.90 Å². The third-order valence-corrected chi connectivity index (χ3v) is 3.53. The van der Waals surface area contributed by atoms with Gasteiger partial charge in [0.25, 0.3) is 0 Å². The van der Waals surface area contributed by atoms with Crippen molar-refractivity contribution in [1.82, 2.24) is 4.90 Å². The molecule has 98 valence electrons. The number of halogens is 1. The minimum Gasteiger partial charge on any atom is -0.495 e. The number of nitrogens with zero attached hydrogens (tertiary/aromatic N) is 1. The largest absolute Gasteiger partial charge is 0.495 e. The average Bonchev–Trinajstić information content (AvgIpc) is 2.82. The maximum absolute atomic E-state index is 11.4. The Morgan fingerprint density at radius 2 is 2.11 bits per heavy atom. The van der Waals surface area contributed by atoms with Crippen molar-refractivity contribution >= 4 is 17.6 Å². The molecule has 0 aromatic heterocycles. The van der Waals surface area contributed by atoms with Crippen molar-refractivity contribution in [2.24, 2.45) is 0 Å². The van der Waals surface area contributed by atoms with Crippen LogP contribution in [0.5, 0.6) is 5.75 Å². The Balaban J connectivity index is 2.30. The Bertz CT molecular complexity index is 444. The molecule has 4 nitrogen and oxygen atoms in total. The molecule has 1 aromatic rings.